The fourth-order valence-corrected chi connectivity index (χ4v) is 1.30. The van der Waals surface area contributed by atoms with Crippen LogP contribution in [0.1, 0.15) is 22.4 Å². The summed E-state index contributed by atoms with van der Waals surface area (Å²) < 4.78 is 9.87. The van der Waals surface area contributed by atoms with E-state index < -0.39 is 5.97 Å². The van der Waals surface area contributed by atoms with E-state index in [-0.39, 0.29) is 23.7 Å². The first kappa shape index (κ1) is 9.10. The number of carboxylic acids is 1. The van der Waals surface area contributed by atoms with Gasteiger partial charge in [0.2, 0.25) is 5.89 Å². The van der Waals surface area contributed by atoms with Crippen LogP contribution in [-0.2, 0) is 4.74 Å². The van der Waals surface area contributed by atoms with Crippen LogP contribution in [0.4, 0.5) is 0 Å². The van der Waals surface area contributed by atoms with Gasteiger partial charge in [0, 0.05) is 6.04 Å². The molecule has 1 aromatic rings. The number of nitrogens with zero attached hydrogens (tertiary/aromatic N) is 2. The lowest BCUT2D eigenvalue weighted by Crippen LogP contribution is -2.27. The Morgan fingerprint density at radius 1 is 1.57 bits per heavy atom. The molecule has 0 aromatic carbocycles. The Hall–Kier alpha value is -1.47. The van der Waals surface area contributed by atoms with E-state index in [1.54, 1.807) is 0 Å². The zero-order valence-electron chi connectivity index (χ0n) is 7.21. The second kappa shape index (κ2) is 3.35. The van der Waals surface area contributed by atoms with Gasteiger partial charge in [-0.2, -0.15) is 4.98 Å². The molecule has 2 atom stereocenters. The number of nitrogens with two attached hydrogens (primary N) is 1. The van der Waals surface area contributed by atoms with Crippen molar-refractivity contribution in [1.29, 1.82) is 0 Å². The van der Waals surface area contributed by atoms with Gasteiger partial charge in [-0.15, -0.1) is 0 Å². The lowest BCUT2D eigenvalue weighted by Gasteiger charge is -2.05. The van der Waals surface area contributed by atoms with Gasteiger partial charge in [-0.1, -0.05) is 0 Å². The molecule has 2 rings (SSSR count). The standard InChI is InChI=1S/C7H9N3O4/c8-4-2-13-1-3(4)6-9-5(7(11)12)10-14-6/h3-4H,1-2,8H2,(H,11,12). The predicted molar refractivity (Wildman–Crippen MR) is 42.8 cm³/mol. The largest absolute Gasteiger partial charge is 0.475 e. The van der Waals surface area contributed by atoms with Crippen molar-refractivity contribution in [3.8, 4) is 0 Å². The molecular weight excluding hydrogens is 190 g/mol. The molecule has 1 fully saturated rings. The number of carbonyl (C=O) groups is 1. The Labute approximate surface area is 78.8 Å². The van der Waals surface area contributed by atoms with Crippen LogP contribution in [0.2, 0.25) is 0 Å². The van der Waals surface area contributed by atoms with E-state index in [0.29, 0.717) is 13.2 Å². The number of ether oxygens (including phenoxy) is 1. The number of rotatable bonds is 2. The summed E-state index contributed by atoms with van der Waals surface area (Å²) >= 11 is 0. The van der Waals surface area contributed by atoms with Crippen molar-refractivity contribution in [3.05, 3.63) is 11.7 Å². The lowest BCUT2D eigenvalue weighted by atomic mass is 10.1. The number of aromatic nitrogens is 2. The molecular formula is C7H9N3O4. The Morgan fingerprint density at radius 3 is 2.86 bits per heavy atom. The average molecular weight is 199 g/mol. The van der Waals surface area contributed by atoms with E-state index in [4.69, 9.17) is 20.1 Å². The summed E-state index contributed by atoms with van der Waals surface area (Å²) in [5, 5.41) is 11.9. The molecule has 7 nitrogen and oxygen atoms in total. The van der Waals surface area contributed by atoms with Gasteiger partial charge < -0.3 is 20.1 Å². The highest BCUT2D eigenvalue weighted by Gasteiger charge is 2.31. The number of aromatic carboxylic acids is 1. The lowest BCUT2D eigenvalue weighted by molar-refractivity contribution is 0.0680. The minimum atomic E-state index is -1.22. The summed E-state index contributed by atoms with van der Waals surface area (Å²) in [4.78, 5) is 14.2. The number of carboxylic acid groups (broad SMARTS) is 1. The Balaban J connectivity index is 2.20. The molecule has 0 spiro atoms. The third-order valence-electron chi connectivity index (χ3n) is 2.07. The summed E-state index contributed by atoms with van der Waals surface area (Å²) in [5.74, 6) is -1.53. The summed E-state index contributed by atoms with van der Waals surface area (Å²) in [6, 6.07) is -0.211. The van der Waals surface area contributed by atoms with Crippen LogP contribution >= 0.6 is 0 Å². The van der Waals surface area contributed by atoms with Gasteiger partial charge in [-0.3, -0.25) is 0 Å². The maximum atomic E-state index is 10.5. The molecule has 0 saturated carbocycles. The van der Waals surface area contributed by atoms with Crippen molar-refractivity contribution >= 4 is 5.97 Å². The van der Waals surface area contributed by atoms with Crippen molar-refractivity contribution in [1.82, 2.24) is 10.1 Å². The van der Waals surface area contributed by atoms with Gasteiger partial charge >= 0.3 is 5.97 Å². The van der Waals surface area contributed by atoms with Crippen molar-refractivity contribution in [2.24, 2.45) is 5.73 Å². The zero-order chi connectivity index (χ0) is 10.1. The molecule has 2 unspecified atom stereocenters. The predicted octanol–water partition coefficient (Wildman–Crippen LogP) is -0.791. The van der Waals surface area contributed by atoms with Crippen molar-refractivity contribution in [3.63, 3.8) is 0 Å². The Morgan fingerprint density at radius 2 is 2.36 bits per heavy atom. The van der Waals surface area contributed by atoms with Crippen LogP contribution in [-0.4, -0.2) is 40.5 Å². The molecule has 1 aromatic heterocycles. The minimum Gasteiger partial charge on any atom is -0.475 e. The molecule has 1 aliphatic heterocycles. The highest BCUT2D eigenvalue weighted by Crippen LogP contribution is 2.22. The quantitative estimate of drug-likeness (QED) is 0.641. The van der Waals surface area contributed by atoms with Crippen LogP contribution < -0.4 is 5.73 Å². The first-order valence-corrected chi connectivity index (χ1v) is 4.08. The summed E-state index contributed by atoms with van der Waals surface area (Å²) in [6.45, 7) is 0.817. The average Bonchev–Trinajstić information content (AvgIpc) is 2.71. The third kappa shape index (κ3) is 1.47. The Kier molecular flexibility index (Phi) is 2.18. The van der Waals surface area contributed by atoms with E-state index in [2.05, 4.69) is 10.1 Å². The zero-order valence-corrected chi connectivity index (χ0v) is 7.21. The smallest absolute Gasteiger partial charge is 0.377 e. The molecule has 76 valence electrons. The van der Waals surface area contributed by atoms with Gasteiger partial charge in [0.25, 0.3) is 5.82 Å². The number of hydrogen-bond donors (Lipinski definition) is 2. The fraction of sp³-hybridized carbons (Fsp3) is 0.571. The first-order chi connectivity index (χ1) is 6.68. The molecule has 7 heteroatoms. The topological polar surface area (TPSA) is 111 Å². The van der Waals surface area contributed by atoms with Gasteiger partial charge in [0.15, 0.2) is 0 Å². The third-order valence-corrected chi connectivity index (χ3v) is 2.07. The maximum absolute atomic E-state index is 10.5. The highest BCUT2D eigenvalue weighted by atomic mass is 16.5. The minimum absolute atomic E-state index is 0.199. The molecule has 0 amide bonds. The van der Waals surface area contributed by atoms with Crippen LogP contribution in [0.3, 0.4) is 0 Å². The van der Waals surface area contributed by atoms with Gasteiger partial charge in [0.1, 0.15) is 0 Å². The van der Waals surface area contributed by atoms with Crippen molar-refractivity contribution in [2.75, 3.05) is 13.2 Å². The second-order valence-corrected chi connectivity index (χ2v) is 3.07. The van der Waals surface area contributed by atoms with Crippen LogP contribution in [0.15, 0.2) is 4.52 Å². The molecule has 1 saturated heterocycles. The normalized spacial score (nSPS) is 26.6. The molecule has 2 heterocycles. The van der Waals surface area contributed by atoms with Gasteiger partial charge in [0.05, 0.1) is 19.1 Å². The first-order valence-electron chi connectivity index (χ1n) is 4.08. The van der Waals surface area contributed by atoms with Crippen molar-refractivity contribution < 1.29 is 19.2 Å². The maximum Gasteiger partial charge on any atom is 0.377 e. The molecule has 0 bridgehead atoms. The van der Waals surface area contributed by atoms with E-state index in [1.807, 2.05) is 0 Å². The van der Waals surface area contributed by atoms with E-state index >= 15 is 0 Å². The summed E-state index contributed by atoms with van der Waals surface area (Å²) in [7, 11) is 0. The molecule has 14 heavy (non-hydrogen) atoms. The van der Waals surface area contributed by atoms with E-state index in [9.17, 15) is 4.79 Å². The van der Waals surface area contributed by atoms with Gasteiger partial charge in [-0.25, -0.2) is 4.79 Å². The van der Waals surface area contributed by atoms with Crippen molar-refractivity contribution in [2.45, 2.75) is 12.0 Å². The van der Waals surface area contributed by atoms with Crippen LogP contribution in [0.5, 0.6) is 0 Å². The second-order valence-electron chi connectivity index (χ2n) is 3.07. The number of hydrogen-bond acceptors (Lipinski definition) is 6. The fourth-order valence-electron chi connectivity index (χ4n) is 1.30. The molecule has 0 aliphatic carbocycles. The van der Waals surface area contributed by atoms with Gasteiger partial charge in [-0.05, 0) is 5.16 Å². The monoisotopic (exact) mass is 199 g/mol. The van der Waals surface area contributed by atoms with E-state index in [0.717, 1.165) is 0 Å². The summed E-state index contributed by atoms with van der Waals surface area (Å²) in [5.41, 5.74) is 5.70. The highest BCUT2D eigenvalue weighted by molar-refractivity contribution is 5.82. The molecule has 0 radical (unpaired) electrons. The van der Waals surface area contributed by atoms with E-state index in [1.165, 1.54) is 0 Å². The SMILES string of the molecule is NC1COCC1c1nc(C(=O)O)no1. The Bertz CT molecular complexity index is 350. The molecule has 3 N–H and O–H groups in total. The summed E-state index contributed by atoms with van der Waals surface area (Å²) in [6.07, 6.45) is 0. The van der Waals surface area contributed by atoms with Crippen LogP contribution in [0, 0.1) is 0 Å². The molecule has 1 aliphatic rings. The van der Waals surface area contributed by atoms with Crippen LogP contribution in [0.25, 0.3) is 0 Å².